The Kier molecular flexibility index (Phi) is 2.56. The van der Waals surface area contributed by atoms with E-state index in [0.717, 1.165) is 0 Å². The molecule has 0 amide bonds. The molecule has 0 saturated carbocycles. The molecule has 0 unspecified atom stereocenters. The topological polar surface area (TPSA) is 118 Å². The van der Waals surface area contributed by atoms with Crippen molar-refractivity contribution in [3.8, 4) is 0 Å². The van der Waals surface area contributed by atoms with Crippen molar-refractivity contribution in [2.75, 3.05) is 26.4 Å². The molecule has 88 valence electrons. The second kappa shape index (κ2) is 3.40. The fraction of sp³-hybridized carbons (Fsp3) is 1.00. The third kappa shape index (κ3) is 2.49. The summed E-state index contributed by atoms with van der Waals surface area (Å²) in [5.41, 5.74) is -0.729. The molecule has 2 aliphatic rings. The molecule has 2 aliphatic heterocycles. The van der Waals surface area contributed by atoms with E-state index in [1.807, 2.05) is 0 Å². The number of rotatable bonds is 0. The minimum Gasteiger partial charge on any atom is -0.533 e. The van der Waals surface area contributed by atoms with E-state index in [0.29, 0.717) is 0 Å². The molecule has 0 radical (unpaired) electrons. The van der Waals surface area contributed by atoms with Gasteiger partial charge < -0.3 is 38.7 Å². The largest absolute Gasteiger partial charge is 0.533 e. The van der Waals surface area contributed by atoms with E-state index in [4.69, 9.17) is 20.1 Å². The first-order chi connectivity index (χ1) is 6.83. The Labute approximate surface area is 85.4 Å². The van der Waals surface area contributed by atoms with E-state index in [1.54, 1.807) is 0 Å². The van der Waals surface area contributed by atoms with Crippen LogP contribution in [0.1, 0.15) is 0 Å². The molecular weight excluding hydrogens is 210 g/mol. The molecule has 2 rings (SSSR count). The lowest BCUT2D eigenvalue weighted by atomic mass is 9.84. The first kappa shape index (κ1) is 11.3. The zero-order chi connectivity index (χ0) is 11.2. The van der Waals surface area contributed by atoms with Crippen molar-refractivity contribution < 1.29 is 38.7 Å². The highest BCUT2D eigenvalue weighted by molar-refractivity contribution is 6.51. The van der Waals surface area contributed by atoms with Crippen LogP contribution in [0.4, 0.5) is 0 Å². The average Bonchev–Trinajstić information content (AvgIpc) is 2.15. The first-order valence-corrected chi connectivity index (χ1v) is 4.54. The summed E-state index contributed by atoms with van der Waals surface area (Å²) in [5, 5.41) is 36.0. The predicted octanol–water partition coefficient (Wildman–Crippen LogP) is -3.09. The van der Waals surface area contributed by atoms with Gasteiger partial charge in [-0.1, -0.05) is 0 Å². The van der Waals surface area contributed by atoms with E-state index in [9.17, 15) is 0 Å². The highest BCUT2D eigenvalue weighted by Crippen LogP contribution is 2.31. The lowest BCUT2D eigenvalue weighted by molar-refractivity contribution is -0.158. The molecule has 0 aromatic carbocycles. The van der Waals surface area contributed by atoms with Gasteiger partial charge in [0.25, 0.3) is 0 Å². The van der Waals surface area contributed by atoms with Gasteiger partial charge in [0.05, 0.1) is 0 Å². The summed E-state index contributed by atoms with van der Waals surface area (Å²) in [6, 6.07) is 0. The van der Waals surface area contributed by atoms with Crippen LogP contribution >= 0.6 is 0 Å². The maximum Gasteiger partial charge on any atom is 0.526 e. The van der Waals surface area contributed by atoms with E-state index >= 15 is 0 Å². The fourth-order valence-corrected chi connectivity index (χ4v) is 1.49. The summed E-state index contributed by atoms with van der Waals surface area (Å²) in [6.07, 6.45) is 0. The molecule has 0 aromatic rings. The molecule has 2 saturated heterocycles. The van der Waals surface area contributed by atoms with Crippen molar-refractivity contribution in [3.63, 3.8) is 0 Å². The second-order valence-electron chi connectivity index (χ2n) is 4.01. The highest BCUT2D eigenvalue weighted by Gasteiger charge is 2.45. The Balaban J connectivity index is 1.95. The van der Waals surface area contributed by atoms with E-state index in [1.165, 1.54) is 0 Å². The van der Waals surface area contributed by atoms with Crippen molar-refractivity contribution in [1.82, 2.24) is 0 Å². The van der Waals surface area contributed by atoms with Crippen LogP contribution in [0.2, 0.25) is 0 Å². The quantitative estimate of drug-likeness (QED) is 0.318. The third-order valence-electron chi connectivity index (χ3n) is 2.43. The van der Waals surface area contributed by atoms with Gasteiger partial charge in [-0.2, -0.15) is 0 Å². The predicted molar refractivity (Wildman–Crippen MR) is 46.6 cm³/mol. The smallest absolute Gasteiger partial charge is 0.526 e. The summed E-state index contributed by atoms with van der Waals surface area (Å²) in [6.45, 7) is -6.62. The molecule has 0 atom stereocenters. The molecule has 4 N–H and O–H groups in total. The van der Waals surface area contributed by atoms with Gasteiger partial charge in [0.1, 0.15) is 0 Å². The van der Waals surface area contributed by atoms with Crippen molar-refractivity contribution in [2.24, 2.45) is 5.41 Å². The summed E-state index contributed by atoms with van der Waals surface area (Å²) in [4.78, 5) is 0. The molecule has 10 heteroatoms. The summed E-state index contributed by atoms with van der Waals surface area (Å²) < 4.78 is 18.6. The monoisotopic (exact) mass is 222 g/mol. The summed E-state index contributed by atoms with van der Waals surface area (Å²) in [5.74, 6) is 0. The molecule has 0 aliphatic carbocycles. The van der Waals surface area contributed by atoms with Gasteiger partial charge in [-0.05, 0) is 0 Å². The Morgan fingerprint density at radius 2 is 0.933 bits per heavy atom. The van der Waals surface area contributed by atoms with Crippen LogP contribution in [-0.4, -0.2) is 60.4 Å². The summed E-state index contributed by atoms with van der Waals surface area (Å²) >= 11 is 0. The van der Waals surface area contributed by atoms with Crippen LogP contribution < -0.4 is 0 Å². The van der Waals surface area contributed by atoms with Gasteiger partial charge in [-0.25, -0.2) is 0 Å². The maximum absolute atomic E-state index is 8.99. The van der Waals surface area contributed by atoms with Crippen LogP contribution in [0.3, 0.4) is 0 Å². The molecule has 0 aromatic heterocycles. The lowest BCUT2D eigenvalue weighted by Crippen LogP contribution is -2.62. The SMILES string of the molecule is O[B-]1(O)OCC2(CO1)CO[B-](O)(O)OC2. The third-order valence-corrected chi connectivity index (χ3v) is 2.43. The van der Waals surface area contributed by atoms with Crippen molar-refractivity contribution in [2.45, 2.75) is 0 Å². The molecular formula is C5H12B2O8-2. The molecule has 15 heavy (non-hydrogen) atoms. The standard InChI is InChI=1S/C5H12B2O8/c8-6(9)12-1-5(2-13-6)3-14-7(10,11)15-4-5/h8-11H,1-4H2/q-2. The molecule has 0 bridgehead atoms. The maximum atomic E-state index is 8.99. The molecule has 2 heterocycles. The van der Waals surface area contributed by atoms with E-state index in [-0.39, 0.29) is 26.4 Å². The Morgan fingerprint density at radius 3 is 1.20 bits per heavy atom. The van der Waals surface area contributed by atoms with Gasteiger partial charge in [0.2, 0.25) is 0 Å². The van der Waals surface area contributed by atoms with Gasteiger partial charge in [0, 0.05) is 31.8 Å². The summed E-state index contributed by atoms with van der Waals surface area (Å²) in [7, 11) is 0. The van der Waals surface area contributed by atoms with Crippen molar-refractivity contribution in [1.29, 1.82) is 0 Å². The minimum absolute atomic E-state index is 0.0494. The first-order valence-electron chi connectivity index (χ1n) is 4.54. The fourth-order valence-electron chi connectivity index (χ4n) is 1.49. The van der Waals surface area contributed by atoms with E-state index < -0.39 is 19.3 Å². The van der Waals surface area contributed by atoms with Gasteiger partial charge in [-0.15, -0.1) is 0 Å². The highest BCUT2D eigenvalue weighted by atomic mass is 16.8. The Morgan fingerprint density at radius 1 is 0.667 bits per heavy atom. The van der Waals surface area contributed by atoms with Crippen molar-refractivity contribution >= 4 is 13.9 Å². The van der Waals surface area contributed by atoms with Gasteiger partial charge in [-0.3, -0.25) is 0 Å². The van der Waals surface area contributed by atoms with Gasteiger partial charge in [0.15, 0.2) is 0 Å². The average molecular weight is 222 g/mol. The van der Waals surface area contributed by atoms with E-state index in [2.05, 4.69) is 18.6 Å². The second-order valence-corrected chi connectivity index (χ2v) is 4.01. The molecule has 1 spiro atoms. The number of hydrogen-bond acceptors (Lipinski definition) is 8. The lowest BCUT2D eigenvalue weighted by Gasteiger charge is -2.52. The van der Waals surface area contributed by atoms with Crippen LogP contribution in [0.15, 0.2) is 0 Å². The molecule has 8 nitrogen and oxygen atoms in total. The number of hydrogen-bond donors (Lipinski definition) is 4. The van der Waals surface area contributed by atoms with Gasteiger partial charge >= 0.3 is 13.9 Å². The zero-order valence-electron chi connectivity index (χ0n) is 7.90. The van der Waals surface area contributed by atoms with Crippen LogP contribution in [-0.2, 0) is 18.6 Å². The molecule has 2 fully saturated rings. The van der Waals surface area contributed by atoms with Crippen LogP contribution in [0.25, 0.3) is 0 Å². The Bertz CT molecular complexity index is 206. The van der Waals surface area contributed by atoms with Crippen molar-refractivity contribution in [3.05, 3.63) is 0 Å². The Hall–Kier alpha value is -0.190. The van der Waals surface area contributed by atoms with Crippen LogP contribution in [0.5, 0.6) is 0 Å². The normalized spacial score (nSPS) is 32.8. The minimum atomic E-state index is -3.21. The van der Waals surface area contributed by atoms with Crippen LogP contribution in [0, 0.1) is 5.41 Å². The zero-order valence-corrected chi connectivity index (χ0v) is 7.90.